The van der Waals surface area contributed by atoms with Gasteiger partial charge in [-0.05, 0) is 30.7 Å². The van der Waals surface area contributed by atoms with Crippen LogP contribution in [0.2, 0.25) is 0 Å². The number of amides is 1. The number of aryl methyl sites for hydroxylation is 1. The van der Waals surface area contributed by atoms with Crippen LogP contribution in [0.15, 0.2) is 18.2 Å². The van der Waals surface area contributed by atoms with E-state index in [0.29, 0.717) is 13.0 Å². The van der Waals surface area contributed by atoms with Crippen LogP contribution >= 0.6 is 0 Å². The van der Waals surface area contributed by atoms with Crippen molar-refractivity contribution in [1.29, 1.82) is 0 Å². The molecule has 0 bridgehead atoms. The van der Waals surface area contributed by atoms with Crippen molar-refractivity contribution in [2.75, 3.05) is 19.0 Å². The van der Waals surface area contributed by atoms with Crippen LogP contribution in [0.1, 0.15) is 12.0 Å². The van der Waals surface area contributed by atoms with Crippen LogP contribution < -0.4 is 15.8 Å². The third kappa shape index (κ3) is 3.50. The fraction of sp³-hybridized carbons (Fsp3) is 0.364. The lowest BCUT2D eigenvalue weighted by Crippen LogP contribution is -2.16. The number of anilines is 1. The van der Waals surface area contributed by atoms with Crippen LogP contribution in [0.25, 0.3) is 0 Å². The molecule has 0 aromatic heterocycles. The molecule has 1 aromatic carbocycles. The SMILES string of the molecule is COc1ccc(NCCC(N)=O)c(C)c1. The topological polar surface area (TPSA) is 64.3 Å². The first-order valence-electron chi connectivity index (χ1n) is 4.80. The second kappa shape index (κ2) is 5.24. The molecule has 0 unspecified atom stereocenters. The van der Waals surface area contributed by atoms with Crippen molar-refractivity contribution in [3.8, 4) is 5.75 Å². The normalized spacial score (nSPS) is 9.73. The quantitative estimate of drug-likeness (QED) is 0.766. The fourth-order valence-corrected chi connectivity index (χ4v) is 1.28. The van der Waals surface area contributed by atoms with Crippen molar-refractivity contribution in [2.24, 2.45) is 5.73 Å². The highest BCUT2D eigenvalue weighted by molar-refractivity contribution is 5.74. The van der Waals surface area contributed by atoms with Gasteiger partial charge in [0.25, 0.3) is 0 Å². The summed E-state index contributed by atoms with van der Waals surface area (Å²) < 4.78 is 5.09. The van der Waals surface area contributed by atoms with Crippen molar-refractivity contribution >= 4 is 11.6 Å². The zero-order valence-electron chi connectivity index (χ0n) is 9.04. The Balaban J connectivity index is 2.58. The number of carbonyl (C=O) groups excluding carboxylic acids is 1. The third-order valence-corrected chi connectivity index (χ3v) is 2.12. The molecular weight excluding hydrogens is 192 g/mol. The van der Waals surface area contributed by atoms with E-state index in [-0.39, 0.29) is 5.91 Å². The molecule has 0 heterocycles. The van der Waals surface area contributed by atoms with E-state index in [1.165, 1.54) is 0 Å². The largest absolute Gasteiger partial charge is 0.497 e. The summed E-state index contributed by atoms with van der Waals surface area (Å²) >= 11 is 0. The summed E-state index contributed by atoms with van der Waals surface area (Å²) in [5.41, 5.74) is 7.12. The van der Waals surface area contributed by atoms with E-state index in [1.807, 2.05) is 25.1 Å². The molecule has 0 aliphatic heterocycles. The number of hydrogen-bond donors (Lipinski definition) is 2. The molecule has 4 nitrogen and oxygen atoms in total. The molecule has 0 fully saturated rings. The van der Waals surface area contributed by atoms with Crippen LogP contribution in [0, 0.1) is 6.92 Å². The molecule has 82 valence electrons. The molecule has 0 aliphatic carbocycles. The summed E-state index contributed by atoms with van der Waals surface area (Å²) in [6.07, 6.45) is 0.339. The molecule has 0 saturated heterocycles. The maximum absolute atomic E-state index is 10.5. The van der Waals surface area contributed by atoms with Gasteiger partial charge in [-0.15, -0.1) is 0 Å². The second-order valence-corrected chi connectivity index (χ2v) is 3.32. The standard InChI is InChI=1S/C11H16N2O2/c1-8-7-9(15-2)3-4-10(8)13-6-5-11(12)14/h3-4,7,13H,5-6H2,1-2H3,(H2,12,14). The molecule has 15 heavy (non-hydrogen) atoms. The predicted octanol–water partition coefficient (Wildman–Crippen LogP) is 1.29. The molecule has 0 radical (unpaired) electrons. The van der Waals surface area contributed by atoms with Crippen molar-refractivity contribution in [3.63, 3.8) is 0 Å². The number of carbonyl (C=O) groups is 1. The summed E-state index contributed by atoms with van der Waals surface area (Å²) in [4.78, 5) is 10.5. The second-order valence-electron chi connectivity index (χ2n) is 3.32. The van der Waals surface area contributed by atoms with Crippen LogP contribution in [0.3, 0.4) is 0 Å². The smallest absolute Gasteiger partial charge is 0.219 e. The maximum atomic E-state index is 10.5. The fourth-order valence-electron chi connectivity index (χ4n) is 1.28. The van der Waals surface area contributed by atoms with Crippen molar-refractivity contribution in [1.82, 2.24) is 0 Å². The van der Waals surface area contributed by atoms with Gasteiger partial charge in [-0.25, -0.2) is 0 Å². The third-order valence-electron chi connectivity index (χ3n) is 2.12. The lowest BCUT2D eigenvalue weighted by Gasteiger charge is -2.09. The number of hydrogen-bond acceptors (Lipinski definition) is 3. The maximum Gasteiger partial charge on any atom is 0.219 e. The van der Waals surface area contributed by atoms with E-state index >= 15 is 0 Å². The average Bonchev–Trinajstić information content (AvgIpc) is 2.20. The van der Waals surface area contributed by atoms with Crippen molar-refractivity contribution in [3.05, 3.63) is 23.8 Å². The molecule has 0 aliphatic rings. The highest BCUT2D eigenvalue weighted by atomic mass is 16.5. The molecule has 0 saturated carbocycles. The number of ether oxygens (including phenoxy) is 1. The summed E-state index contributed by atoms with van der Waals surface area (Å²) in [6, 6.07) is 5.74. The van der Waals surface area contributed by atoms with Crippen LogP contribution in [0.5, 0.6) is 5.75 Å². The Morgan fingerprint density at radius 2 is 2.27 bits per heavy atom. The lowest BCUT2D eigenvalue weighted by molar-refractivity contribution is -0.117. The van der Waals surface area contributed by atoms with Crippen molar-refractivity contribution in [2.45, 2.75) is 13.3 Å². The van der Waals surface area contributed by atoms with Gasteiger partial charge in [0.05, 0.1) is 7.11 Å². The summed E-state index contributed by atoms with van der Waals surface area (Å²) in [5.74, 6) is 0.529. The minimum atomic E-state index is -0.298. The molecule has 3 N–H and O–H groups in total. The molecule has 1 amide bonds. The number of methoxy groups -OCH3 is 1. The minimum Gasteiger partial charge on any atom is -0.497 e. The molecule has 0 atom stereocenters. The number of benzene rings is 1. The zero-order chi connectivity index (χ0) is 11.3. The summed E-state index contributed by atoms with van der Waals surface area (Å²) in [5, 5.41) is 3.14. The van der Waals surface area contributed by atoms with Crippen LogP contribution in [-0.2, 0) is 4.79 Å². The number of nitrogens with one attached hydrogen (secondary N) is 1. The van der Waals surface area contributed by atoms with Gasteiger partial charge >= 0.3 is 0 Å². The van der Waals surface area contributed by atoms with E-state index in [4.69, 9.17) is 10.5 Å². The lowest BCUT2D eigenvalue weighted by atomic mass is 10.2. The van der Waals surface area contributed by atoms with Gasteiger partial charge < -0.3 is 15.8 Å². The Morgan fingerprint density at radius 1 is 1.53 bits per heavy atom. The Bertz CT molecular complexity index is 350. The highest BCUT2D eigenvalue weighted by Gasteiger charge is 2.00. The van der Waals surface area contributed by atoms with E-state index in [1.54, 1.807) is 7.11 Å². The Hall–Kier alpha value is -1.71. The summed E-state index contributed by atoms with van der Waals surface area (Å²) in [7, 11) is 1.63. The molecule has 1 aromatic rings. The van der Waals surface area contributed by atoms with Gasteiger partial charge in [0, 0.05) is 18.7 Å². The van der Waals surface area contributed by atoms with Gasteiger partial charge in [0.2, 0.25) is 5.91 Å². The first kappa shape index (κ1) is 11.4. The van der Waals surface area contributed by atoms with Crippen LogP contribution in [0.4, 0.5) is 5.69 Å². The Morgan fingerprint density at radius 3 is 2.80 bits per heavy atom. The molecule has 1 rings (SSSR count). The average molecular weight is 208 g/mol. The van der Waals surface area contributed by atoms with E-state index in [2.05, 4.69) is 5.32 Å². The van der Waals surface area contributed by atoms with Gasteiger partial charge in [0.1, 0.15) is 5.75 Å². The first-order chi connectivity index (χ1) is 7.13. The highest BCUT2D eigenvalue weighted by Crippen LogP contribution is 2.20. The first-order valence-corrected chi connectivity index (χ1v) is 4.80. The molecular formula is C11H16N2O2. The van der Waals surface area contributed by atoms with Gasteiger partial charge in [0.15, 0.2) is 0 Å². The van der Waals surface area contributed by atoms with Gasteiger partial charge in [-0.1, -0.05) is 0 Å². The number of nitrogens with two attached hydrogens (primary N) is 1. The van der Waals surface area contributed by atoms with Gasteiger partial charge in [-0.2, -0.15) is 0 Å². The van der Waals surface area contributed by atoms with E-state index in [9.17, 15) is 4.79 Å². The predicted molar refractivity (Wildman–Crippen MR) is 60.0 cm³/mol. The van der Waals surface area contributed by atoms with Crippen molar-refractivity contribution < 1.29 is 9.53 Å². The Kier molecular flexibility index (Phi) is 3.97. The summed E-state index contributed by atoms with van der Waals surface area (Å²) in [6.45, 7) is 2.54. The van der Waals surface area contributed by atoms with Gasteiger partial charge in [-0.3, -0.25) is 4.79 Å². The minimum absolute atomic E-state index is 0.298. The van der Waals surface area contributed by atoms with E-state index < -0.39 is 0 Å². The zero-order valence-corrected chi connectivity index (χ0v) is 9.04. The molecule has 0 spiro atoms. The van der Waals surface area contributed by atoms with Crippen LogP contribution in [-0.4, -0.2) is 19.6 Å². The van der Waals surface area contributed by atoms with E-state index in [0.717, 1.165) is 17.0 Å². The Labute approximate surface area is 89.4 Å². The monoisotopic (exact) mass is 208 g/mol. The number of rotatable bonds is 5. The molecule has 4 heteroatoms. The number of primary amides is 1.